The number of benzene rings is 2. The van der Waals surface area contributed by atoms with Gasteiger partial charge in [-0.2, -0.15) is 5.10 Å². The van der Waals surface area contributed by atoms with E-state index in [1.54, 1.807) is 30.0 Å². The van der Waals surface area contributed by atoms with Crippen molar-refractivity contribution in [2.24, 2.45) is 0 Å². The van der Waals surface area contributed by atoms with Gasteiger partial charge in [0.15, 0.2) is 5.13 Å². The fourth-order valence-corrected chi connectivity index (χ4v) is 5.64. The molecule has 194 valence electrons. The molecule has 0 saturated carbocycles. The van der Waals surface area contributed by atoms with Gasteiger partial charge in [0, 0.05) is 26.2 Å². The lowest BCUT2D eigenvalue weighted by molar-refractivity contribution is 0.0376. The highest BCUT2D eigenvalue weighted by Gasteiger charge is 2.27. The van der Waals surface area contributed by atoms with E-state index in [-0.39, 0.29) is 5.91 Å². The van der Waals surface area contributed by atoms with Crippen molar-refractivity contribution in [1.82, 2.24) is 19.7 Å². The SMILES string of the molecule is COc1ccc(OC)c2sc(N(CCCN3CCOCC3)C(=O)c3cnn(-c4ccccc4)c3C)nc12. The highest BCUT2D eigenvalue weighted by atomic mass is 32.1. The summed E-state index contributed by atoms with van der Waals surface area (Å²) < 4.78 is 19.2. The van der Waals surface area contributed by atoms with Gasteiger partial charge in [0.25, 0.3) is 5.91 Å². The quantitative estimate of drug-likeness (QED) is 0.327. The van der Waals surface area contributed by atoms with Crippen molar-refractivity contribution in [1.29, 1.82) is 0 Å². The first-order valence-corrected chi connectivity index (χ1v) is 13.2. The molecule has 9 nitrogen and oxygen atoms in total. The number of para-hydroxylation sites is 1. The van der Waals surface area contributed by atoms with E-state index in [0.717, 1.165) is 55.4 Å². The largest absolute Gasteiger partial charge is 0.495 e. The number of morpholine rings is 1. The fourth-order valence-electron chi connectivity index (χ4n) is 4.55. The molecule has 2 aromatic carbocycles. The highest BCUT2D eigenvalue weighted by Crippen LogP contribution is 2.40. The number of carbonyl (C=O) groups is 1. The first-order valence-electron chi connectivity index (χ1n) is 12.3. The van der Waals surface area contributed by atoms with Crippen LogP contribution in [0.25, 0.3) is 15.9 Å². The van der Waals surface area contributed by atoms with Crippen LogP contribution in [0, 0.1) is 6.92 Å². The zero-order valence-corrected chi connectivity index (χ0v) is 22.2. The number of thiazole rings is 1. The van der Waals surface area contributed by atoms with Gasteiger partial charge in [0.1, 0.15) is 21.7 Å². The topological polar surface area (TPSA) is 82.0 Å². The van der Waals surface area contributed by atoms with Gasteiger partial charge in [-0.3, -0.25) is 14.6 Å². The Hall–Kier alpha value is -3.47. The maximum atomic E-state index is 14.0. The Balaban J connectivity index is 1.49. The van der Waals surface area contributed by atoms with E-state index in [2.05, 4.69) is 10.00 Å². The second-order valence-electron chi connectivity index (χ2n) is 8.80. The van der Waals surface area contributed by atoms with Crippen LogP contribution in [0.2, 0.25) is 0 Å². The number of aromatic nitrogens is 3. The number of carbonyl (C=O) groups excluding carboxylic acids is 1. The van der Waals surface area contributed by atoms with Crippen LogP contribution in [0.5, 0.6) is 11.5 Å². The number of nitrogens with zero attached hydrogens (tertiary/aromatic N) is 5. The molecule has 2 aromatic heterocycles. The van der Waals surface area contributed by atoms with E-state index in [1.165, 1.54) is 11.3 Å². The van der Waals surface area contributed by atoms with Crippen LogP contribution in [-0.2, 0) is 4.74 Å². The van der Waals surface area contributed by atoms with Gasteiger partial charge in [0.05, 0.1) is 50.6 Å². The zero-order valence-electron chi connectivity index (χ0n) is 21.3. The van der Waals surface area contributed by atoms with Crippen LogP contribution >= 0.6 is 11.3 Å². The number of hydrogen-bond donors (Lipinski definition) is 0. The maximum absolute atomic E-state index is 14.0. The van der Waals surface area contributed by atoms with Gasteiger partial charge in [-0.1, -0.05) is 29.5 Å². The molecule has 0 unspecified atom stereocenters. The van der Waals surface area contributed by atoms with E-state index in [9.17, 15) is 4.79 Å². The summed E-state index contributed by atoms with van der Waals surface area (Å²) in [4.78, 5) is 23.0. The molecule has 4 aromatic rings. The molecular weight excluding hydrogens is 490 g/mol. The predicted molar refractivity (Wildman–Crippen MR) is 145 cm³/mol. The van der Waals surface area contributed by atoms with E-state index in [4.69, 9.17) is 19.2 Å². The second-order valence-corrected chi connectivity index (χ2v) is 9.78. The van der Waals surface area contributed by atoms with Crippen molar-refractivity contribution in [2.45, 2.75) is 13.3 Å². The molecule has 0 radical (unpaired) electrons. The molecule has 0 N–H and O–H groups in total. The molecule has 1 aliphatic heterocycles. The molecule has 0 bridgehead atoms. The number of rotatable bonds is 9. The Morgan fingerprint density at radius 1 is 1.08 bits per heavy atom. The number of anilines is 1. The number of ether oxygens (including phenoxy) is 3. The van der Waals surface area contributed by atoms with Gasteiger partial charge in [-0.25, -0.2) is 9.67 Å². The second kappa shape index (κ2) is 11.3. The Kier molecular flexibility index (Phi) is 7.68. The van der Waals surface area contributed by atoms with Crippen LogP contribution < -0.4 is 14.4 Å². The minimum atomic E-state index is -0.126. The third-order valence-electron chi connectivity index (χ3n) is 6.58. The van der Waals surface area contributed by atoms with Crippen molar-refractivity contribution in [3.63, 3.8) is 0 Å². The van der Waals surface area contributed by atoms with Crippen LogP contribution in [0.1, 0.15) is 22.5 Å². The lowest BCUT2D eigenvalue weighted by Gasteiger charge is -2.27. The number of fused-ring (bicyclic) bond motifs is 1. The van der Waals surface area contributed by atoms with E-state index < -0.39 is 0 Å². The minimum absolute atomic E-state index is 0.126. The van der Waals surface area contributed by atoms with Crippen LogP contribution in [-0.4, -0.2) is 79.2 Å². The van der Waals surface area contributed by atoms with Crippen molar-refractivity contribution in [3.8, 4) is 17.2 Å². The van der Waals surface area contributed by atoms with E-state index in [1.807, 2.05) is 49.4 Å². The molecule has 3 heterocycles. The summed E-state index contributed by atoms with van der Waals surface area (Å²) in [5, 5.41) is 5.13. The lowest BCUT2D eigenvalue weighted by atomic mass is 10.2. The Morgan fingerprint density at radius 3 is 2.54 bits per heavy atom. The minimum Gasteiger partial charge on any atom is -0.495 e. The number of hydrogen-bond acceptors (Lipinski definition) is 8. The summed E-state index contributed by atoms with van der Waals surface area (Å²) in [6.07, 6.45) is 2.45. The molecule has 0 spiro atoms. The summed E-state index contributed by atoms with van der Waals surface area (Å²) in [6.45, 7) is 6.64. The molecule has 1 saturated heterocycles. The molecule has 1 fully saturated rings. The molecular formula is C27H31N5O4S. The van der Waals surface area contributed by atoms with Crippen molar-refractivity contribution >= 4 is 32.6 Å². The molecule has 0 atom stereocenters. The summed E-state index contributed by atoms with van der Waals surface area (Å²) in [7, 11) is 3.25. The Bertz CT molecular complexity index is 1320. The van der Waals surface area contributed by atoms with Crippen LogP contribution in [0.3, 0.4) is 0 Å². The van der Waals surface area contributed by atoms with Gasteiger partial charge >= 0.3 is 0 Å². The van der Waals surface area contributed by atoms with Gasteiger partial charge in [0.2, 0.25) is 0 Å². The maximum Gasteiger partial charge on any atom is 0.263 e. The average molecular weight is 522 g/mol. The normalized spacial score (nSPS) is 14.1. The molecule has 1 aliphatic rings. The third kappa shape index (κ3) is 5.18. The summed E-state index contributed by atoms with van der Waals surface area (Å²) in [6, 6.07) is 13.5. The highest BCUT2D eigenvalue weighted by molar-refractivity contribution is 7.22. The third-order valence-corrected chi connectivity index (χ3v) is 7.67. The standard InChI is InChI=1S/C27H31N5O4S/c1-19-21(18-28-32(19)20-8-5-4-6-9-20)26(33)31(13-7-12-30-14-16-36-17-15-30)27-29-24-22(34-2)10-11-23(35-3)25(24)37-27/h4-6,8-11,18H,7,12-17H2,1-3H3. The number of amides is 1. The molecule has 37 heavy (non-hydrogen) atoms. The van der Waals surface area contributed by atoms with Crippen LogP contribution in [0.4, 0.5) is 5.13 Å². The summed E-state index contributed by atoms with van der Waals surface area (Å²) in [5.74, 6) is 1.22. The number of methoxy groups -OCH3 is 2. The van der Waals surface area contributed by atoms with Gasteiger partial charge in [-0.15, -0.1) is 0 Å². The molecule has 1 amide bonds. The first-order chi connectivity index (χ1) is 18.1. The van der Waals surface area contributed by atoms with E-state index >= 15 is 0 Å². The molecule has 10 heteroatoms. The van der Waals surface area contributed by atoms with Gasteiger partial charge < -0.3 is 14.2 Å². The molecule has 5 rings (SSSR count). The fraction of sp³-hybridized carbons (Fsp3) is 0.370. The lowest BCUT2D eigenvalue weighted by Crippen LogP contribution is -2.39. The predicted octanol–water partition coefficient (Wildman–Crippen LogP) is 4.18. The van der Waals surface area contributed by atoms with Crippen molar-refractivity contribution in [2.75, 3.05) is 58.5 Å². The summed E-state index contributed by atoms with van der Waals surface area (Å²) in [5.41, 5.74) is 2.93. The molecule has 0 aliphatic carbocycles. The van der Waals surface area contributed by atoms with Gasteiger partial charge in [-0.05, 0) is 37.6 Å². The average Bonchev–Trinajstić information content (AvgIpc) is 3.55. The Labute approximate surface area is 220 Å². The summed E-state index contributed by atoms with van der Waals surface area (Å²) >= 11 is 1.43. The smallest absolute Gasteiger partial charge is 0.263 e. The van der Waals surface area contributed by atoms with Crippen molar-refractivity contribution in [3.05, 3.63) is 59.9 Å². The van der Waals surface area contributed by atoms with E-state index in [0.29, 0.717) is 34.3 Å². The zero-order chi connectivity index (χ0) is 25.8. The Morgan fingerprint density at radius 2 is 1.81 bits per heavy atom. The first kappa shape index (κ1) is 25.2. The van der Waals surface area contributed by atoms with Crippen molar-refractivity contribution < 1.29 is 19.0 Å². The monoisotopic (exact) mass is 521 g/mol. The van der Waals surface area contributed by atoms with Crippen LogP contribution in [0.15, 0.2) is 48.7 Å².